The van der Waals surface area contributed by atoms with Crippen LogP contribution < -0.4 is 10.1 Å². The fourth-order valence-electron chi connectivity index (χ4n) is 3.16. The molecule has 1 fully saturated rings. The molecule has 7 heteroatoms. The average Bonchev–Trinajstić information content (AvgIpc) is 2.72. The van der Waals surface area contributed by atoms with Crippen molar-refractivity contribution in [3.8, 4) is 5.75 Å². The molecule has 2 aromatic rings. The van der Waals surface area contributed by atoms with Crippen LogP contribution in [-0.4, -0.2) is 48.4 Å². The van der Waals surface area contributed by atoms with Crippen LogP contribution in [0.3, 0.4) is 0 Å². The van der Waals surface area contributed by atoms with Crippen molar-refractivity contribution in [1.82, 2.24) is 15.2 Å². The molecule has 1 aliphatic rings. The van der Waals surface area contributed by atoms with Gasteiger partial charge in [0.2, 0.25) is 0 Å². The van der Waals surface area contributed by atoms with Crippen LogP contribution in [0.5, 0.6) is 5.75 Å². The highest BCUT2D eigenvalue weighted by molar-refractivity contribution is 5.93. The number of nitrogens with zero attached hydrogens (tertiary/aromatic N) is 2. The molecule has 2 amide bonds. The van der Waals surface area contributed by atoms with Crippen LogP contribution in [-0.2, 0) is 4.79 Å². The van der Waals surface area contributed by atoms with Crippen molar-refractivity contribution in [2.45, 2.75) is 18.8 Å². The molecule has 6 nitrogen and oxygen atoms in total. The van der Waals surface area contributed by atoms with Gasteiger partial charge in [-0.15, -0.1) is 0 Å². The second-order valence-corrected chi connectivity index (χ2v) is 6.45. The zero-order chi connectivity index (χ0) is 19.2. The minimum absolute atomic E-state index is 0.0749. The summed E-state index contributed by atoms with van der Waals surface area (Å²) in [5, 5.41) is 2.56. The Bertz CT molecular complexity index is 810. The number of rotatable bonds is 5. The summed E-state index contributed by atoms with van der Waals surface area (Å²) in [4.78, 5) is 30.2. The lowest BCUT2D eigenvalue weighted by Gasteiger charge is -2.32. The SMILES string of the molecule is CNC(=O)c1ccc(C2CCCN(C(=O)COc3ccccc3F)C2)nc1. The molecule has 0 bridgehead atoms. The number of hydrogen-bond acceptors (Lipinski definition) is 4. The van der Waals surface area contributed by atoms with E-state index in [1.54, 1.807) is 36.3 Å². The van der Waals surface area contributed by atoms with E-state index >= 15 is 0 Å². The Kier molecular flexibility index (Phi) is 6.01. The summed E-state index contributed by atoms with van der Waals surface area (Å²) in [5.74, 6) is -0.660. The van der Waals surface area contributed by atoms with E-state index in [0.29, 0.717) is 18.7 Å². The van der Waals surface area contributed by atoms with Gasteiger partial charge >= 0.3 is 0 Å². The van der Waals surface area contributed by atoms with Crippen molar-refractivity contribution in [1.29, 1.82) is 0 Å². The third kappa shape index (κ3) is 4.61. The molecule has 1 saturated heterocycles. The average molecular weight is 371 g/mol. The van der Waals surface area contributed by atoms with Crippen LogP contribution in [0, 0.1) is 5.82 Å². The van der Waals surface area contributed by atoms with Gasteiger partial charge < -0.3 is 15.0 Å². The number of para-hydroxylation sites is 1. The van der Waals surface area contributed by atoms with Crippen LogP contribution >= 0.6 is 0 Å². The smallest absolute Gasteiger partial charge is 0.260 e. The molecule has 1 unspecified atom stereocenters. The van der Waals surface area contributed by atoms with Gasteiger partial charge in [0.15, 0.2) is 18.2 Å². The Balaban J connectivity index is 1.59. The number of aromatic nitrogens is 1. The van der Waals surface area contributed by atoms with Gasteiger partial charge in [-0.3, -0.25) is 14.6 Å². The molecule has 0 aliphatic carbocycles. The summed E-state index contributed by atoms with van der Waals surface area (Å²) in [6, 6.07) is 9.60. The molecule has 3 rings (SSSR count). The molecule has 2 heterocycles. The first-order chi connectivity index (χ1) is 13.1. The number of halogens is 1. The second-order valence-electron chi connectivity index (χ2n) is 6.45. The number of amides is 2. The minimum atomic E-state index is -0.484. The highest BCUT2D eigenvalue weighted by Crippen LogP contribution is 2.26. The highest BCUT2D eigenvalue weighted by Gasteiger charge is 2.26. The van der Waals surface area contributed by atoms with Crippen LogP contribution in [0.1, 0.15) is 34.8 Å². The maximum absolute atomic E-state index is 13.6. The second kappa shape index (κ2) is 8.62. The molecule has 1 aromatic heterocycles. The molecular weight excluding hydrogens is 349 g/mol. The highest BCUT2D eigenvalue weighted by atomic mass is 19.1. The molecule has 1 aliphatic heterocycles. The number of carbonyl (C=O) groups is 2. The monoisotopic (exact) mass is 371 g/mol. The van der Waals surface area contributed by atoms with Crippen molar-refractivity contribution in [3.05, 3.63) is 59.7 Å². The number of piperidine rings is 1. The molecule has 0 radical (unpaired) electrons. The molecule has 1 aromatic carbocycles. The summed E-state index contributed by atoms with van der Waals surface area (Å²) in [6.45, 7) is 0.981. The van der Waals surface area contributed by atoms with Crippen molar-refractivity contribution < 1.29 is 18.7 Å². The van der Waals surface area contributed by atoms with Gasteiger partial charge in [0, 0.05) is 37.9 Å². The lowest BCUT2D eigenvalue weighted by molar-refractivity contribution is -0.134. The van der Waals surface area contributed by atoms with E-state index in [0.717, 1.165) is 18.5 Å². The quantitative estimate of drug-likeness (QED) is 0.876. The lowest BCUT2D eigenvalue weighted by atomic mass is 9.94. The molecule has 1 N–H and O–H groups in total. The first kappa shape index (κ1) is 18.8. The maximum Gasteiger partial charge on any atom is 0.260 e. The fourth-order valence-corrected chi connectivity index (χ4v) is 3.16. The standard InChI is InChI=1S/C20H22FN3O3/c1-22-20(26)14-8-9-17(23-11-14)15-5-4-10-24(12-15)19(25)13-27-18-7-3-2-6-16(18)21/h2-3,6-9,11,15H,4-5,10,12-13H2,1H3,(H,22,26). The maximum atomic E-state index is 13.6. The van der Waals surface area contributed by atoms with Gasteiger partial charge in [-0.05, 0) is 37.1 Å². The molecule has 0 saturated carbocycles. The van der Waals surface area contributed by atoms with Crippen molar-refractivity contribution in [3.63, 3.8) is 0 Å². The number of hydrogen-bond donors (Lipinski definition) is 1. The Morgan fingerprint density at radius 2 is 2.11 bits per heavy atom. The van der Waals surface area contributed by atoms with Crippen LogP contribution in [0.2, 0.25) is 0 Å². The van der Waals surface area contributed by atoms with E-state index < -0.39 is 5.82 Å². The summed E-state index contributed by atoms with van der Waals surface area (Å²) in [7, 11) is 1.57. The van der Waals surface area contributed by atoms with E-state index in [1.807, 2.05) is 6.07 Å². The van der Waals surface area contributed by atoms with E-state index in [9.17, 15) is 14.0 Å². The van der Waals surface area contributed by atoms with Crippen LogP contribution in [0.4, 0.5) is 4.39 Å². The Hall–Kier alpha value is -2.96. The minimum Gasteiger partial charge on any atom is -0.481 e. The predicted molar refractivity (Wildman–Crippen MR) is 98.1 cm³/mol. The van der Waals surface area contributed by atoms with E-state index in [2.05, 4.69) is 10.3 Å². The normalized spacial score (nSPS) is 16.7. The van der Waals surface area contributed by atoms with Crippen LogP contribution in [0.15, 0.2) is 42.6 Å². The summed E-state index contributed by atoms with van der Waals surface area (Å²) in [5.41, 5.74) is 1.36. The molecular formula is C20H22FN3O3. The number of nitrogens with one attached hydrogen (secondary N) is 1. The number of pyridine rings is 1. The Labute approximate surface area is 157 Å². The number of likely N-dealkylation sites (tertiary alicyclic amines) is 1. The zero-order valence-corrected chi connectivity index (χ0v) is 15.2. The Morgan fingerprint density at radius 3 is 2.81 bits per heavy atom. The molecule has 142 valence electrons. The first-order valence-corrected chi connectivity index (χ1v) is 8.91. The molecule has 27 heavy (non-hydrogen) atoms. The van der Waals surface area contributed by atoms with Crippen molar-refractivity contribution in [2.75, 3.05) is 26.7 Å². The molecule has 0 spiro atoms. The first-order valence-electron chi connectivity index (χ1n) is 8.91. The third-order valence-electron chi connectivity index (χ3n) is 4.66. The van der Waals surface area contributed by atoms with Crippen molar-refractivity contribution in [2.24, 2.45) is 0 Å². The van der Waals surface area contributed by atoms with Gasteiger partial charge in [0.25, 0.3) is 11.8 Å². The summed E-state index contributed by atoms with van der Waals surface area (Å²) in [6.07, 6.45) is 3.33. The van der Waals surface area contributed by atoms with Gasteiger partial charge in [-0.25, -0.2) is 4.39 Å². The lowest BCUT2D eigenvalue weighted by Crippen LogP contribution is -2.41. The summed E-state index contributed by atoms with van der Waals surface area (Å²) >= 11 is 0. The summed E-state index contributed by atoms with van der Waals surface area (Å²) < 4.78 is 18.9. The fraction of sp³-hybridized carbons (Fsp3) is 0.350. The number of carbonyl (C=O) groups excluding carboxylic acids is 2. The van der Waals surface area contributed by atoms with E-state index in [4.69, 9.17) is 4.74 Å². The number of benzene rings is 1. The predicted octanol–water partition coefficient (Wildman–Crippen LogP) is 2.37. The number of ether oxygens (including phenoxy) is 1. The van der Waals surface area contributed by atoms with Gasteiger partial charge in [0.05, 0.1) is 5.56 Å². The van der Waals surface area contributed by atoms with E-state index in [1.165, 1.54) is 12.1 Å². The Morgan fingerprint density at radius 1 is 1.30 bits per heavy atom. The van der Waals surface area contributed by atoms with Gasteiger partial charge in [-0.2, -0.15) is 0 Å². The zero-order valence-electron chi connectivity index (χ0n) is 15.2. The van der Waals surface area contributed by atoms with E-state index in [-0.39, 0.29) is 30.1 Å². The van der Waals surface area contributed by atoms with Crippen LogP contribution in [0.25, 0.3) is 0 Å². The molecule has 1 atom stereocenters. The van der Waals surface area contributed by atoms with Gasteiger partial charge in [-0.1, -0.05) is 12.1 Å². The topological polar surface area (TPSA) is 71.5 Å². The largest absolute Gasteiger partial charge is 0.481 e. The van der Waals surface area contributed by atoms with Gasteiger partial charge in [0.1, 0.15) is 0 Å². The van der Waals surface area contributed by atoms with Crippen molar-refractivity contribution >= 4 is 11.8 Å². The third-order valence-corrected chi connectivity index (χ3v) is 4.66.